The van der Waals surface area contributed by atoms with Gasteiger partial charge < -0.3 is 0 Å². The summed E-state index contributed by atoms with van der Waals surface area (Å²) in [5.41, 5.74) is 0. The van der Waals surface area contributed by atoms with Crippen LogP contribution in [0.1, 0.15) is 37.6 Å². The van der Waals surface area contributed by atoms with Gasteiger partial charge in [-0.05, 0) is 28.8 Å². The first-order chi connectivity index (χ1) is 5.83. The molecule has 3 heteroatoms. The third kappa shape index (κ3) is 3.68. The first-order valence-corrected chi connectivity index (χ1v) is 6.04. The number of nitrogens with zero attached hydrogens (tertiary/aromatic N) is 1. The molecule has 1 heterocycles. The summed E-state index contributed by atoms with van der Waals surface area (Å²) in [6.45, 7) is 2.24. The minimum absolute atomic E-state index is 1.15. The van der Waals surface area contributed by atoms with Crippen molar-refractivity contribution in [3.05, 3.63) is 15.0 Å². The van der Waals surface area contributed by atoms with Gasteiger partial charge in [-0.2, -0.15) is 0 Å². The zero-order valence-corrected chi connectivity index (χ0v) is 9.75. The van der Waals surface area contributed by atoms with Crippen molar-refractivity contribution in [2.45, 2.75) is 39.0 Å². The maximum absolute atomic E-state index is 4.29. The number of aromatic nitrogens is 1. The fraction of sp³-hybridized carbons (Fsp3) is 0.667. The van der Waals surface area contributed by atoms with Gasteiger partial charge in [0.15, 0.2) is 0 Å². The van der Waals surface area contributed by atoms with Gasteiger partial charge in [0, 0.05) is 0 Å². The highest BCUT2D eigenvalue weighted by Gasteiger charge is 1.98. The van der Waals surface area contributed by atoms with Gasteiger partial charge in [0.2, 0.25) is 0 Å². The van der Waals surface area contributed by atoms with Gasteiger partial charge in [-0.25, -0.2) is 4.98 Å². The summed E-state index contributed by atoms with van der Waals surface area (Å²) in [4.78, 5) is 4.29. The molecule has 0 saturated carbocycles. The van der Waals surface area contributed by atoms with E-state index in [0.717, 1.165) is 10.2 Å². The summed E-state index contributed by atoms with van der Waals surface area (Å²) < 4.78 is 1.15. The van der Waals surface area contributed by atoms with E-state index >= 15 is 0 Å². The van der Waals surface area contributed by atoms with Crippen LogP contribution in [-0.2, 0) is 6.42 Å². The predicted octanol–water partition coefficient (Wildman–Crippen LogP) is 4.03. The van der Waals surface area contributed by atoms with Crippen LogP contribution in [-0.4, -0.2) is 4.98 Å². The van der Waals surface area contributed by atoms with Crippen LogP contribution in [0.4, 0.5) is 0 Å². The van der Waals surface area contributed by atoms with Gasteiger partial charge >= 0.3 is 0 Å². The molecule has 0 unspecified atom stereocenters. The molecule has 0 fully saturated rings. The van der Waals surface area contributed by atoms with Crippen LogP contribution in [0.25, 0.3) is 0 Å². The smallest absolute Gasteiger partial charge is 0.0936 e. The van der Waals surface area contributed by atoms with Crippen LogP contribution in [0.5, 0.6) is 0 Å². The molecule has 0 amide bonds. The molecule has 0 aliphatic heterocycles. The van der Waals surface area contributed by atoms with Crippen LogP contribution < -0.4 is 0 Å². The van der Waals surface area contributed by atoms with Gasteiger partial charge in [-0.15, -0.1) is 11.3 Å². The van der Waals surface area contributed by atoms with Gasteiger partial charge in [0.25, 0.3) is 0 Å². The Morgan fingerprint density at radius 3 is 2.83 bits per heavy atom. The molecule has 0 aliphatic carbocycles. The molecular weight excluding hydrogens is 234 g/mol. The van der Waals surface area contributed by atoms with E-state index in [9.17, 15) is 0 Å². The van der Waals surface area contributed by atoms with E-state index in [4.69, 9.17) is 0 Å². The van der Waals surface area contributed by atoms with Gasteiger partial charge in [0.1, 0.15) is 0 Å². The summed E-state index contributed by atoms with van der Waals surface area (Å²) in [5.74, 6) is 0. The highest BCUT2D eigenvalue weighted by atomic mass is 79.9. The molecule has 0 spiro atoms. The molecular formula is C9H14BrNS. The van der Waals surface area contributed by atoms with Crippen molar-refractivity contribution in [3.8, 4) is 0 Å². The lowest BCUT2D eigenvalue weighted by Crippen LogP contribution is -1.83. The fourth-order valence-corrected chi connectivity index (χ4v) is 2.45. The standard InChI is InChI=1S/C9H14BrNS/c1-2-3-4-5-6-9-11-7-8(10)12-9/h7H,2-6H2,1H3. The largest absolute Gasteiger partial charge is 0.248 e. The molecule has 0 N–H and O–H groups in total. The van der Waals surface area contributed by atoms with Gasteiger partial charge in [-0.3, -0.25) is 0 Å². The molecule has 0 aliphatic rings. The minimum Gasteiger partial charge on any atom is -0.248 e. The van der Waals surface area contributed by atoms with Crippen molar-refractivity contribution in [2.75, 3.05) is 0 Å². The normalized spacial score (nSPS) is 10.5. The molecule has 0 saturated heterocycles. The van der Waals surface area contributed by atoms with Crippen molar-refractivity contribution >= 4 is 27.3 Å². The van der Waals surface area contributed by atoms with E-state index in [2.05, 4.69) is 27.8 Å². The topological polar surface area (TPSA) is 12.9 Å². The second-order valence-corrected chi connectivity index (χ2v) is 5.36. The average Bonchev–Trinajstić information content (AvgIpc) is 2.45. The summed E-state index contributed by atoms with van der Waals surface area (Å²) in [5, 5.41) is 1.26. The van der Waals surface area contributed by atoms with Crippen LogP contribution in [0.3, 0.4) is 0 Å². The Morgan fingerprint density at radius 1 is 1.42 bits per heavy atom. The molecule has 12 heavy (non-hydrogen) atoms. The average molecular weight is 248 g/mol. The van der Waals surface area contributed by atoms with Gasteiger partial charge in [0.05, 0.1) is 15.0 Å². The van der Waals surface area contributed by atoms with Crippen molar-refractivity contribution in [3.63, 3.8) is 0 Å². The van der Waals surface area contributed by atoms with Crippen molar-refractivity contribution in [2.24, 2.45) is 0 Å². The molecule has 1 nitrogen and oxygen atoms in total. The Bertz CT molecular complexity index is 222. The number of hydrogen-bond donors (Lipinski definition) is 0. The van der Waals surface area contributed by atoms with Crippen LogP contribution in [0.15, 0.2) is 9.98 Å². The summed E-state index contributed by atoms with van der Waals surface area (Å²) in [6, 6.07) is 0. The first kappa shape index (κ1) is 10.2. The van der Waals surface area contributed by atoms with Gasteiger partial charge in [-0.1, -0.05) is 26.2 Å². The summed E-state index contributed by atoms with van der Waals surface area (Å²) in [7, 11) is 0. The maximum atomic E-state index is 4.29. The molecule has 0 atom stereocenters. The van der Waals surface area contributed by atoms with E-state index in [0.29, 0.717) is 0 Å². The van der Waals surface area contributed by atoms with Crippen molar-refractivity contribution in [1.82, 2.24) is 4.98 Å². The highest BCUT2D eigenvalue weighted by Crippen LogP contribution is 2.20. The van der Waals surface area contributed by atoms with Crippen LogP contribution in [0, 0.1) is 0 Å². The SMILES string of the molecule is CCCCCCc1ncc(Br)s1. The van der Waals surface area contributed by atoms with Crippen LogP contribution in [0.2, 0.25) is 0 Å². The maximum Gasteiger partial charge on any atom is 0.0936 e. The van der Waals surface area contributed by atoms with E-state index in [-0.39, 0.29) is 0 Å². The lowest BCUT2D eigenvalue weighted by atomic mass is 10.2. The molecule has 68 valence electrons. The zero-order chi connectivity index (χ0) is 8.81. The Balaban J connectivity index is 2.15. The molecule has 1 rings (SSSR count). The number of thiazole rings is 1. The molecule has 1 aromatic heterocycles. The second-order valence-electron chi connectivity index (χ2n) is 2.87. The lowest BCUT2D eigenvalue weighted by Gasteiger charge is -1.95. The summed E-state index contributed by atoms with van der Waals surface area (Å²) >= 11 is 5.16. The van der Waals surface area contributed by atoms with E-state index in [1.54, 1.807) is 11.3 Å². The number of aryl methyl sites for hydroxylation is 1. The lowest BCUT2D eigenvalue weighted by molar-refractivity contribution is 0.665. The van der Waals surface area contributed by atoms with Crippen molar-refractivity contribution in [1.29, 1.82) is 0 Å². The quantitative estimate of drug-likeness (QED) is 0.717. The predicted molar refractivity (Wildman–Crippen MR) is 57.7 cm³/mol. The third-order valence-corrected chi connectivity index (χ3v) is 3.31. The third-order valence-electron chi connectivity index (χ3n) is 1.77. The number of hydrogen-bond acceptors (Lipinski definition) is 2. The molecule has 0 aromatic carbocycles. The Labute approximate surface area is 86.3 Å². The number of halogens is 1. The van der Waals surface area contributed by atoms with E-state index in [1.807, 2.05) is 6.20 Å². The second kappa shape index (κ2) is 5.70. The Kier molecular flexibility index (Phi) is 4.84. The fourth-order valence-electron chi connectivity index (χ4n) is 1.11. The summed E-state index contributed by atoms with van der Waals surface area (Å²) in [6.07, 6.45) is 8.33. The number of unbranched alkanes of at least 4 members (excludes halogenated alkanes) is 3. The Hall–Kier alpha value is 0.110. The minimum atomic E-state index is 1.15. The Morgan fingerprint density at radius 2 is 2.25 bits per heavy atom. The van der Waals surface area contributed by atoms with Crippen LogP contribution >= 0.6 is 27.3 Å². The van der Waals surface area contributed by atoms with Crippen molar-refractivity contribution < 1.29 is 0 Å². The monoisotopic (exact) mass is 247 g/mol. The van der Waals surface area contributed by atoms with E-state index < -0.39 is 0 Å². The zero-order valence-electron chi connectivity index (χ0n) is 7.35. The highest BCUT2D eigenvalue weighted by molar-refractivity contribution is 9.11. The molecule has 0 radical (unpaired) electrons. The van der Waals surface area contributed by atoms with E-state index in [1.165, 1.54) is 30.7 Å². The first-order valence-electron chi connectivity index (χ1n) is 4.43. The molecule has 0 bridgehead atoms. The molecule has 1 aromatic rings. The number of rotatable bonds is 5.